The van der Waals surface area contributed by atoms with Crippen LogP contribution in [-0.2, 0) is 11.3 Å². The topological polar surface area (TPSA) is 70.4 Å². The van der Waals surface area contributed by atoms with Gasteiger partial charge in [-0.05, 0) is 41.5 Å². The summed E-state index contributed by atoms with van der Waals surface area (Å²) >= 11 is 3.38. The number of aromatic nitrogens is 2. The zero-order valence-electron chi connectivity index (χ0n) is 16.7. The fourth-order valence-corrected chi connectivity index (χ4v) is 3.64. The molecule has 0 saturated carbocycles. The molecule has 0 fully saturated rings. The summed E-state index contributed by atoms with van der Waals surface area (Å²) in [5.41, 5.74) is 0.982. The lowest BCUT2D eigenvalue weighted by Gasteiger charge is -2.13. The lowest BCUT2D eigenvalue weighted by Crippen LogP contribution is -2.25. The van der Waals surface area contributed by atoms with Crippen LogP contribution in [0.25, 0.3) is 16.5 Å². The first-order valence-electron chi connectivity index (χ1n) is 9.73. The summed E-state index contributed by atoms with van der Waals surface area (Å²) in [6.07, 6.45) is 0. The maximum atomic E-state index is 12.8. The van der Waals surface area contributed by atoms with Crippen LogP contribution in [-0.4, -0.2) is 22.4 Å². The maximum Gasteiger partial charge on any atom is 0.362 e. The predicted octanol–water partition coefficient (Wildman–Crippen LogP) is 4.90. The third kappa shape index (κ3) is 4.51. The summed E-state index contributed by atoms with van der Waals surface area (Å²) in [6, 6.07) is 22.2. The normalized spacial score (nSPS) is 10.8. The van der Waals surface area contributed by atoms with Gasteiger partial charge in [-0.1, -0.05) is 64.5 Å². The number of nitrogens with zero attached hydrogens (tertiary/aromatic N) is 2. The molecule has 4 rings (SSSR count). The molecule has 7 heteroatoms. The molecule has 0 aliphatic rings. The van der Waals surface area contributed by atoms with Crippen LogP contribution in [0, 0.1) is 0 Å². The van der Waals surface area contributed by atoms with Gasteiger partial charge in [0.2, 0.25) is 5.69 Å². The van der Waals surface area contributed by atoms with E-state index < -0.39 is 11.5 Å². The van der Waals surface area contributed by atoms with Crippen molar-refractivity contribution in [3.8, 4) is 11.4 Å². The first-order valence-corrected chi connectivity index (χ1v) is 10.5. The van der Waals surface area contributed by atoms with E-state index in [-0.39, 0.29) is 24.7 Å². The molecule has 0 N–H and O–H groups in total. The van der Waals surface area contributed by atoms with Crippen molar-refractivity contribution in [3.63, 3.8) is 0 Å². The number of ether oxygens (including phenoxy) is 2. The number of hydrogen-bond acceptors (Lipinski definition) is 5. The Morgan fingerprint density at radius 1 is 1.03 bits per heavy atom. The Morgan fingerprint density at radius 3 is 2.61 bits per heavy atom. The Labute approximate surface area is 187 Å². The highest BCUT2D eigenvalue weighted by Gasteiger charge is 2.20. The van der Waals surface area contributed by atoms with Crippen LogP contribution in [0.5, 0.6) is 5.75 Å². The van der Waals surface area contributed by atoms with E-state index in [1.807, 2.05) is 48.5 Å². The maximum absolute atomic E-state index is 12.8. The van der Waals surface area contributed by atoms with Gasteiger partial charge in [-0.15, -0.1) is 0 Å². The van der Waals surface area contributed by atoms with E-state index in [0.29, 0.717) is 5.69 Å². The largest absolute Gasteiger partial charge is 0.486 e. The molecular formula is C24H19BrN2O4. The molecule has 0 saturated heterocycles. The smallest absolute Gasteiger partial charge is 0.362 e. The average Bonchev–Trinajstić information content (AvgIpc) is 2.77. The third-order valence-corrected chi connectivity index (χ3v) is 5.17. The Balaban J connectivity index is 1.73. The Hall–Kier alpha value is -3.45. The minimum atomic E-state index is -0.654. The fraction of sp³-hybridized carbons (Fsp3) is 0.125. The SMILES string of the molecule is CCOC(=O)c1nn(-c2cccc(Br)c2)c(=O)cc1OCc1cccc2ccccc12. The lowest BCUT2D eigenvalue weighted by atomic mass is 10.1. The highest BCUT2D eigenvalue weighted by Crippen LogP contribution is 2.23. The summed E-state index contributed by atoms with van der Waals surface area (Å²) < 4.78 is 13.0. The van der Waals surface area contributed by atoms with E-state index in [1.54, 1.807) is 25.1 Å². The van der Waals surface area contributed by atoms with E-state index in [0.717, 1.165) is 25.5 Å². The summed E-state index contributed by atoms with van der Waals surface area (Å²) in [5.74, 6) is -0.568. The highest BCUT2D eigenvalue weighted by molar-refractivity contribution is 9.10. The van der Waals surface area contributed by atoms with Crippen molar-refractivity contribution in [2.75, 3.05) is 6.61 Å². The van der Waals surface area contributed by atoms with Crippen LogP contribution >= 0.6 is 15.9 Å². The Bertz CT molecular complexity index is 1310. The van der Waals surface area contributed by atoms with Crippen molar-refractivity contribution in [1.82, 2.24) is 9.78 Å². The third-order valence-electron chi connectivity index (χ3n) is 4.68. The molecule has 31 heavy (non-hydrogen) atoms. The number of carbonyl (C=O) groups excluding carboxylic acids is 1. The molecule has 6 nitrogen and oxygen atoms in total. The van der Waals surface area contributed by atoms with Gasteiger partial charge in [-0.2, -0.15) is 9.78 Å². The molecule has 3 aromatic carbocycles. The monoisotopic (exact) mass is 478 g/mol. The van der Waals surface area contributed by atoms with E-state index >= 15 is 0 Å². The van der Waals surface area contributed by atoms with E-state index in [1.165, 1.54) is 6.07 Å². The van der Waals surface area contributed by atoms with E-state index in [4.69, 9.17) is 9.47 Å². The number of halogens is 1. The molecule has 0 amide bonds. The van der Waals surface area contributed by atoms with Gasteiger partial charge in [0.15, 0.2) is 5.75 Å². The second-order valence-corrected chi connectivity index (χ2v) is 7.65. The fourth-order valence-electron chi connectivity index (χ4n) is 3.26. The molecule has 0 aliphatic carbocycles. The van der Waals surface area contributed by atoms with E-state index in [2.05, 4.69) is 21.0 Å². The Kier molecular flexibility index (Phi) is 6.13. The molecular weight excluding hydrogens is 460 g/mol. The second-order valence-electron chi connectivity index (χ2n) is 6.73. The zero-order chi connectivity index (χ0) is 21.8. The van der Waals surface area contributed by atoms with Crippen LogP contribution < -0.4 is 10.3 Å². The summed E-state index contributed by atoms with van der Waals surface area (Å²) in [4.78, 5) is 25.3. The highest BCUT2D eigenvalue weighted by atomic mass is 79.9. The number of fused-ring (bicyclic) bond motifs is 1. The van der Waals surface area contributed by atoms with Crippen molar-refractivity contribution >= 4 is 32.7 Å². The van der Waals surface area contributed by atoms with Crippen molar-refractivity contribution in [2.45, 2.75) is 13.5 Å². The van der Waals surface area contributed by atoms with Gasteiger partial charge in [0, 0.05) is 4.47 Å². The van der Waals surface area contributed by atoms with Gasteiger partial charge in [0.05, 0.1) is 18.4 Å². The van der Waals surface area contributed by atoms with Crippen LogP contribution in [0.2, 0.25) is 0 Å². The molecule has 1 aromatic heterocycles. The van der Waals surface area contributed by atoms with Crippen molar-refractivity contribution in [2.24, 2.45) is 0 Å². The van der Waals surface area contributed by atoms with Crippen LogP contribution in [0.15, 0.2) is 82.1 Å². The first kappa shape index (κ1) is 20.8. The van der Waals surface area contributed by atoms with Gasteiger partial charge in [-0.3, -0.25) is 4.79 Å². The molecule has 0 atom stereocenters. The predicted molar refractivity (Wildman–Crippen MR) is 122 cm³/mol. The van der Waals surface area contributed by atoms with E-state index in [9.17, 15) is 9.59 Å². The molecule has 0 bridgehead atoms. The molecule has 0 radical (unpaired) electrons. The van der Waals surface area contributed by atoms with Gasteiger partial charge >= 0.3 is 5.97 Å². The van der Waals surface area contributed by atoms with Gasteiger partial charge in [0.25, 0.3) is 5.56 Å². The molecule has 1 heterocycles. The zero-order valence-corrected chi connectivity index (χ0v) is 18.3. The number of carbonyl (C=O) groups is 1. The summed E-state index contributed by atoms with van der Waals surface area (Å²) in [7, 11) is 0. The van der Waals surface area contributed by atoms with Crippen LogP contribution in [0.1, 0.15) is 23.0 Å². The molecule has 0 spiro atoms. The second kappa shape index (κ2) is 9.14. The Morgan fingerprint density at radius 2 is 1.81 bits per heavy atom. The summed E-state index contributed by atoms with van der Waals surface area (Å²) in [6.45, 7) is 2.06. The molecule has 0 unspecified atom stereocenters. The van der Waals surface area contributed by atoms with Gasteiger partial charge < -0.3 is 9.47 Å². The molecule has 0 aliphatic heterocycles. The number of hydrogen-bond donors (Lipinski definition) is 0. The molecule has 156 valence electrons. The quantitative estimate of drug-likeness (QED) is 0.368. The lowest BCUT2D eigenvalue weighted by molar-refractivity contribution is 0.0511. The number of rotatable bonds is 6. The summed E-state index contributed by atoms with van der Waals surface area (Å²) in [5, 5.41) is 6.38. The minimum absolute atomic E-state index is 0.0540. The van der Waals surface area contributed by atoms with Crippen molar-refractivity contribution < 1.29 is 14.3 Å². The van der Waals surface area contributed by atoms with Crippen LogP contribution in [0.4, 0.5) is 0 Å². The van der Waals surface area contributed by atoms with Gasteiger partial charge in [-0.25, -0.2) is 4.79 Å². The minimum Gasteiger partial charge on any atom is -0.486 e. The number of benzene rings is 3. The first-order chi connectivity index (χ1) is 15.1. The van der Waals surface area contributed by atoms with Gasteiger partial charge in [0.1, 0.15) is 6.61 Å². The average molecular weight is 479 g/mol. The standard InChI is InChI=1S/C24H19BrN2O4/c1-2-30-24(29)23-21(14-22(28)27(26-23)19-11-6-10-18(25)13-19)31-15-17-9-5-8-16-7-3-4-12-20(16)17/h3-14H,2,15H2,1H3. The van der Waals surface area contributed by atoms with Crippen molar-refractivity contribution in [1.29, 1.82) is 0 Å². The number of esters is 1. The van der Waals surface area contributed by atoms with Crippen molar-refractivity contribution in [3.05, 3.63) is 98.9 Å². The molecule has 4 aromatic rings. The van der Waals surface area contributed by atoms with Crippen LogP contribution in [0.3, 0.4) is 0 Å².